The molecule has 2 aliphatic carbocycles. The zero-order valence-electron chi connectivity index (χ0n) is 18.8. The average molecular weight is 471 g/mol. The van der Waals surface area contributed by atoms with Gasteiger partial charge in [-0.1, -0.05) is 24.3 Å². The van der Waals surface area contributed by atoms with Crippen molar-refractivity contribution >= 4 is 23.7 Å². The van der Waals surface area contributed by atoms with Crippen molar-refractivity contribution in [2.75, 3.05) is 11.9 Å². The van der Waals surface area contributed by atoms with Crippen molar-refractivity contribution in [2.45, 2.75) is 25.6 Å². The molecule has 35 heavy (non-hydrogen) atoms. The first-order chi connectivity index (χ1) is 17.0. The number of cyclic esters (lactones) is 2. The molecule has 176 valence electrons. The largest absolute Gasteiger partial charge is 0.472 e. The van der Waals surface area contributed by atoms with E-state index in [1.54, 1.807) is 48.7 Å². The average Bonchev–Trinajstić information content (AvgIpc) is 3.55. The molecule has 1 spiro atoms. The van der Waals surface area contributed by atoms with Crippen LogP contribution in [0.1, 0.15) is 25.0 Å². The van der Waals surface area contributed by atoms with Gasteiger partial charge < -0.3 is 18.6 Å². The van der Waals surface area contributed by atoms with Crippen molar-refractivity contribution in [3.8, 4) is 0 Å². The number of furan rings is 1. The minimum atomic E-state index is -0.831. The second-order valence-corrected chi connectivity index (χ2v) is 8.87. The first kappa shape index (κ1) is 21.2. The molecule has 1 aromatic carbocycles. The van der Waals surface area contributed by atoms with Crippen molar-refractivity contribution in [2.24, 2.45) is 5.41 Å². The number of esters is 2. The van der Waals surface area contributed by atoms with Crippen LogP contribution in [-0.2, 0) is 23.8 Å². The molecule has 3 atom stereocenters. The fourth-order valence-corrected chi connectivity index (χ4v) is 5.30. The van der Waals surface area contributed by atoms with Crippen LogP contribution in [0.25, 0.3) is 0 Å². The highest BCUT2D eigenvalue weighted by molar-refractivity contribution is 5.99. The number of ether oxygens (including phenoxy) is 3. The highest BCUT2D eigenvalue weighted by Gasteiger charge is 2.53. The first-order valence-corrected chi connectivity index (χ1v) is 11.3. The standard InChI is InChI=1S/C27H21NO7/c1-15-20-11-18(34-26(31)28-17-5-3-2-4-6-17)12-21-25(30)33-14-27(20,21)9-7-19-22(15)23(35-24(19)29)16-8-10-32-13-16/h2-10,12-13,18,23H,11,14H2,1H3,(H,28,31)/t18-,23+,27+/m1/s1. The molecule has 2 aromatic rings. The summed E-state index contributed by atoms with van der Waals surface area (Å²) >= 11 is 0. The van der Waals surface area contributed by atoms with Gasteiger partial charge >= 0.3 is 18.0 Å². The lowest BCUT2D eigenvalue weighted by molar-refractivity contribution is -0.139. The third-order valence-electron chi connectivity index (χ3n) is 6.94. The third kappa shape index (κ3) is 3.32. The molecule has 8 heteroatoms. The molecule has 6 rings (SSSR count). The number of anilines is 1. The molecule has 0 unspecified atom stereocenters. The number of amides is 1. The molecule has 3 heterocycles. The van der Waals surface area contributed by atoms with Gasteiger partial charge in [0.1, 0.15) is 12.7 Å². The number of nitrogens with one attached hydrogen (secondary N) is 1. The predicted molar refractivity (Wildman–Crippen MR) is 123 cm³/mol. The van der Waals surface area contributed by atoms with Gasteiger partial charge in [0.25, 0.3) is 0 Å². The Bertz CT molecular complexity index is 1360. The van der Waals surface area contributed by atoms with Crippen LogP contribution in [0.4, 0.5) is 10.5 Å². The summed E-state index contributed by atoms with van der Waals surface area (Å²) in [6.45, 7) is 2.02. The molecule has 0 saturated carbocycles. The third-order valence-corrected chi connectivity index (χ3v) is 6.94. The smallest absolute Gasteiger partial charge is 0.412 e. The number of hydrogen-bond donors (Lipinski definition) is 1. The molecular formula is C27H21NO7. The molecule has 0 bridgehead atoms. The maximum Gasteiger partial charge on any atom is 0.412 e. The van der Waals surface area contributed by atoms with Crippen molar-refractivity contribution in [1.82, 2.24) is 0 Å². The van der Waals surface area contributed by atoms with Crippen molar-refractivity contribution in [3.63, 3.8) is 0 Å². The van der Waals surface area contributed by atoms with E-state index in [2.05, 4.69) is 5.32 Å². The fraction of sp³-hybridized carbons (Fsp3) is 0.222. The Kier molecular flexibility index (Phi) is 4.77. The zero-order valence-corrected chi connectivity index (χ0v) is 18.8. The number of benzene rings is 1. The van der Waals surface area contributed by atoms with E-state index in [0.29, 0.717) is 34.4 Å². The molecule has 8 nitrogen and oxygen atoms in total. The van der Waals surface area contributed by atoms with Gasteiger partial charge in [-0.15, -0.1) is 0 Å². The number of para-hydroxylation sites is 1. The Hall–Kier alpha value is -4.33. The van der Waals surface area contributed by atoms with Crippen LogP contribution in [0.3, 0.4) is 0 Å². The fourth-order valence-electron chi connectivity index (χ4n) is 5.30. The summed E-state index contributed by atoms with van der Waals surface area (Å²) in [7, 11) is 0. The lowest BCUT2D eigenvalue weighted by Crippen LogP contribution is -2.34. The Morgan fingerprint density at radius 2 is 1.97 bits per heavy atom. The number of hydrogen-bond acceptors (Lipinski definition) is 7. The maximum atomic E-state index is 12.8. The first-order valence-electron chi connectivity index (χ1n) is 11.3. The topological polar surface area (TPSA) is 104 Å². The van der Waals surface area contributed by atoms with E-state index in [1.807, 2.05) is 19.1 Å². The summed E-state index contributed by atoms with van der Waals surface area (Å²) in [6.07, 6.45) is 6.66. The Balaban J connectivity index is 1.39. The van der Waals surface area contributed by atoms with E-state index in [1.165, 1.54) is 6.26 Å². The van der Waals surface area contributed by atoms with E-state index in [9.17, 15) is 14.4 Å². The minimum absolute atomic E-state index is 0.121. The Morgan fingerprint density at radius 3 is 2.74 bits per heavy atom. The second-order valence-electron chi connectivity index (χ2n) is 8.87. The molecule has 2 aliphatic heterocycles. The maximum absolute atomic E-state index is 12.8. The summed E-state index contributed by atoms with van der Waals surface area (Å²) in [5.41, 5.74) is 3.70. The van der Waals surface area contributed by atoms with E-state index in [-0.39, 0.29) is 6.61 Å². The summed E-state index contributed by atoms with van der Waals surface area (Å²) in [6, 6.07) is 10.7. The Labute approximate surface area is 200 Å². The molecule has 1 fully saturated rings. The number of carbonyl (C=O) groups excluding carboxylic acids is 3. The molecular weight excluding hydrogens is 450 g/mol. The van der Waals surface area contributed by atoms with Gasteiger partial charge in [0.05, 0.1) is 29.1 Å². The Morgan fingerprint density at radius 1 is 1.14 bits per heavy atom. The van der Waals surface area contributed by atoms with Crippen LogP contribution in [0.2, 0.25) is 0 Å². The van der Waals surface area contributed by atoms with Crippen molar-refractivity contribution in [1.29, 1.82) is 0 Å². The van der Waals surface area contributed by atoms with Crippen LogP contribution >= 0.6 is 0 Å². The van der Waals surface area contributed by atoms with Gasteiger partial charge in [0, 0.05) is 23.2 Å². The molecule has 1 amide bonds. The van der Waals surface area contributed by atoms with E-state index >= 15 is 0 Å². The lowest BCUT2D eigenvalue weighted by atomic mass is 9.68. The van der Waals surface area contributed by atoms with Gasteiger partial charge in [0.15, 0.2) is 6.10 Å². The number of carbonyl (C=O) groups is 3. The highest BCUT2D eigenvalue weighted by atomic mass is 16.6. The van der Waals surface area contributed by atoms with Gasteiger partial charge in [-0.05, 0) is 48.4 Å². The molecule has 1 saturated heterocycles. The van der Waals surface area contributed by atoms with Gasteiger partial charge in [0.2, 0.25) is 0 Å². The molecule has 4 aliphatic rings. The van der Waals surface area contributed by atoms with Gasteiger partial charge in [-0.25, -0.2) is 14.4 Å². The predicted octanol–water partition coefficient (Wildman–Crippen LogP) is 4.55. The van der Waals surface area contributed by atoms with E-state index in [0.717, 1.165) is 11.1 Å². The SMILES string of the molecule is CC1=C2C[C@@H](OC(=O)Nc3ccccc3)C=C3C(=O)OC[C@]32C=CC2=C1[C@H](c1ccoc1)OC2=O. The van der Waals surface area contributed by atoms with Crippen molar-refractivity contribution < 1.29 is 33.0 Å². The minimum Gasteiger partial charge on any atom is -0.472 e. The monoisotopic (exact) mass is 471 g/mol. The molecule has 0 radical (unpaired) electrons. The summed E-state index contributed by atoms with van der Waals surface area (Å²) in [5.74, 6) is -0.906. The van der Waals surface area contributed by atoms with Crippen LogP contribution < -0.4 is 5.32 Å². The van der Waals surface area contributed by atoms with Crippen LogP contribution in [0.15, 0.2) is 99.4 Å². The van der Waals surface area contributed by atoms with Crippen molar-refractivity contribution in [3.05, 3.63) is 101 Å². The summed E-state index contributed by atoms with van der Waals surface area (Å²) < 4.78 is 22.1. The van der Waals surface area contributed by atoms with E-state index < -0.39 is 35.7 Å². The lowest BCUT2D eigenvalue weighted by Gasteiger charge is -2.35. The number of rotatable bonds is 3. The zero-order chi connectivity index (χ0) is 24.2. The van der Waals surface area contributed by atoms with E-state index in [4.69, 9.17) is 18.6 Å². The summed E-state index contributed by atoms with van der Waals surface area (Å²) in [5, 5.41) is 2.70. The normalized spacial score (nSPS) is 26.8. The second kappa shape index (κ2) is 7.87. The summed E-state index contributed by atoms with van der Waals surface area (Å²) in [4.78, 5) is 38.1. The van der Waals surface area contributed by atoms with Crippen LogP contribution in [0.5, 0.6) is 0 Å². The highest BCUT2D eigenvalue weighted by Crippen LogP contribution is 2.54. The van der Waals surface area contributed by atoms with Gasteiger partial charge in [-0.2, -0.15) is 0 Å². The molecule has 1 N–H and O–H groups in total. The van der Waals surface area contributed by atoms with Crippen LogP contribution in [0, 0.1) is 5.41 Å². The van der Waals surface area contributed by atoms with Gasteiger partial charge in [-0.3, -0.25) is 5.32 Å². The van der Waals surface area contributed by atoms with Crippen LogP contribution in [-0.4, -0.2) is 30.7 Å². The molecule has 1 aromatic heterocycles. The quantitative estimate of drug-likeness (QED) is 0.517.